The normalized spacial score (nSPS) is 17.1. The van der Waals surface area contributed by atoms with Crippen LogP contribution in [0.15, 0.2) is 24.7 Å². The second-order valence-corrected chi connectivity index (χ2v) is 2.57. The van der Waals surface area contributed by atoms with E-state index in [2.05, 4.69) is 0 Å². The summed E-state index contributed by atoms with van der Waals surface area (Å²) in [6.07, 6.45) is 6.92. The number of hydrogen-bond donors (Lipinski definition) is 0. The monoisotopic (exact) mass is 205 g/mol. The van der Waals surface area contributed by atoms with Crippen molar-refractivity contribution in [1.82, 2.24) is 0 Å². The fourth-order valence-corrected chi connectivity index (χ4v) is 1.06. The molecule has 1 rings (SSSR count). The van der Waals surface area contributed by atoms with Gasteiger partial charge in [0.1, 0.15) is 0 Å². The van der Waals surface area contributed by atoms with E-state index >= 15 is 0 Å². The predicted octanol–water partition coefficient (Wildman–Crippen LogP) is 0.595. The Labute approximate surface area is 53.5 Å². The van der Waals surface area contributed by atoms with Gasteiger partial charge >= 0.3 is 53.2 Å². The van der Waals surface area contributed by atoms with Crippen LogP contribution in [0.25, 0.3) is 0 Å². The van der Waals surface area contributed by atoms with Gasteiger partial charge in [0.15, 0.2) is 0 Å². The van der Waals surface area contributed by atoms with E-state index < -0.39 is 22.5 Å². The molecule has 3 heteroatoms. The van der Waals surface area contributed by atoms with Gasteiger partial charge in [-0.2, -0.15) is 0 Å². The summed E-state index contributed by atoms with van der Waals surface area (Å²) >= 11 is -0.782. The molecule has 2 nitrogen and oxygen atoms in total. The minimum atomic E-state index is -0.782. The SMILES string of the molecule is C1=C[O][Sb][O]C=C1. The van der Waals surface area contributed by atoms with Crippen molar-refractivity contribution in [2.75, 3.05) is 0 Å². The Balaban J connectivity index is 2.39. The standard InChI is InChI=1S/C4H6O2.Sb/c5-3-1-2-4-6;/h1-6H;/q;+2/p-2. The van der Waals surface area contributed by atoms with Crippen LogP contribution in [-0.2, 0) is 6.03 Å². The molecule has 0 N–H and O–H groups in total. The first-order chi connectivity index (χ1) is 3.50. The molecule has 0 unspecified atom stereocenters. The van der Waals surface area contributed by atoms with Gasteiger partial charge in [0, 0.05) is 0 Å². The van der Waals surface area contributed by atoms with Crippen LogP contribution in [0.1, 0.15) is 0 Å². The first-order valence-electron chi connectivity index (χ1n) is 1.84. The average Bonchev–Trinajstić information content (AvgIpc) is 1.90. The molecule has 1 aliphatic rings. The van der Waals surface area contributed by atoms with Crippen LogP contribution in [0.4, 0.5) is 0 Å². The van der Waals surface area contributed by atoms with Gasteiger partial charge in [-0.15, -0.1) is 0 Å². The van der Waals surface area contributed by atoms with Gasteiger partial charge in [0.2, 0.25) is 0 Å². The van der Waals surface area contributed by atoms with Crippen LogP contribution in [0.3, 0.4) is 0 Å². The second-order valence-electron chi connectivity index (χ2n) is 0.942. The van der Waals surface area contributed by atoms with Crippen LogP contribution in [0.2, 0.25) is 0 Å². The van der Waals surface area contributed by atoms with E-state index in [1.165, 1.54) is 0 Å². The topological polar surface area (TPSA) is 18.5 Å². The van der Waals surface area contributed by atoms with Crippen molar-refractivity contribution in [3.63, 3.8) is 0 Å². The third-order valence-corrected chi connectivity index (χ3v) is 1.66. The predicted molar refractivity (Wildman–Crippen MR) is 26.2 cm³/mol. The molecule has 0 aromatic carbocycles. The molecule has 1 radical (unpaired) electrons. The Bertz CT molecular complexity index is 85.9. The van der Waals surface area contributed by atoms with Gasteiger partial charge in [0.25, 0.3) is 0 Å². The van der Waals surface area contributed by atoms with Crippen molar-refractivity contribution in [3.8, 4) is 0 Å². The molecule has 0 aliphatic carbocycles. The van der Waals surface area contributed by atoms with Gasteiger partial charge in [-0.25, -0.2) is 0 Å². The first-order valence-corrected chi connectivity index (χ1v) is 3.92. The van der Waals surface area contributed by atoms with Gasteiger partial charge in [0.05, 0.1) is 0 Å². The third kappa shape index (κ3) is 1.88. The Kier molecular flexibility index (Phi) is 2.14. The zero-order valence-corrected chi connectivity index (χ0v) is 6.13. The van der Waals surface area contributed by atoms with E-state index in [9.17, 15) is 0 Å². The van der Waals surface area contributed by atoms with E-state index in [1.807, 2.05) is 12.2 Å². The van der Waals surface area contributed by atoms with Crippen molar-refractivity contribution in [1.29, 1.82) is 0 Å². The molecule has 37 valence electrons. The summed E-state index contributed by atoms with van der Waals surface area (Å²) in [5, 5.41) is 0. The van der Waals surface area contributed by atoms with Gasteiger partial charge in [-0.3, -0.25) is 0 Å². The van der Waals surface area contributed by atoms with Gasteiger partial charge in [-0.1, -0.05) is 0 Å². The molecule has 0 saturated heterocycles. The van der Waals surface area contributed by atoms with E-state index in [1.54, 1.807) is 12.5 Å². The summed E-state index contributed by atoms with van der Waals surface area (Å²) in [7, 11) is 0. The Morgan fingerprint density at radius 2 is 1.57 bits per heavy atom. The van der Waals surface area contributed by atoms with Crippen molar-refractivity contribution >= 4 is 22.5 Å². The molecule has 7 heavy (non-hydrogen) atoms. The van der Waals surface area contributed by atoms with Gasteiger partial charge in [-0.05, 0) is 0 Å². The molecule has 0 atom stereocenters. The first kappa shape index (κ1) is 5.04. The molecule has 0 aromatic heterocycles. The molecule has 1 heterocycles. The van der Waals surface area contributed by atoms with Crippen molar-refractivity contribution in [2.45, 2.75) is 0 Å². The van der Waals surface area contributed by atoms with Crippen LogP contribution in [0, 0.1) is 0 Å². The summed E-state index contributed by atoms with van der Waals surface area (Å²) in [6, 6.07) is 0. The zero-order chi connectivity index (χ0) is 4.95. The maximum atomic E-state index is 4.88. The van der Waals surface area contributed by atoms with E-state index in [4.69, 9.17) is 6.03 Å². The molecule has 0 spiro atoms. The van der Waals surface area contributed by atoms with Crippen molar-refractivity contribution in [2.24, 2.45) is 0 Å². The molecule has 0 aromatic rings. The second kappa shape index (κ2) is 2.97. The molecule has 0 bridgehead atoms. The number of allylic oxidation sites excluding steroid dienone is 2. The quantitative estimate of drug-likeness (QED) is 0.540. The van der Waals surface area contributed by atoms with E-state index in [-0.39, 0.29) is 0 Å². The molecular weight excluding hydrogens is 202 g/mol. The fourth-order valence-electron chi connectivity index (χ4n) is 0.236. The third-order valence-electron chi connectivity index (χ3n) is 0.476. The number of rotatable bonds is 0. The maximum absolute atomic E-state index is 4.88. The Morgan fingerprint density at radius 1 is 1.00 bits per heavy atom. The molecule has 0 saturated carbocycles. The van der Waals surface area contributed by atoms with Crippen molar-refractivity contribution in [3.05, 3.63) is 24.7 Å². The summed E-state index contributed by atoms with van der Waals surface area (Å²) < 4.78 is 9.76. The Hall–Kier alpha value is -0.102. The number of hydrogen-bond acceptors (Lipinski definition) is 2. The van der Waals surface area contributed by atoms with Gasteiger partial charge < -0.3 is 0 Å². The van der Waals surface area contributed by atoms with Crippen molar-refractivity contribution < 1.29 is 6.03 Å². The zero-order valence-electron chi connectivity index (χ0n) is 3.57. The van der Waals surface area contributed by atoms with Crippen LogP contribution in [-0.4, -0.2) is 22.5 Å². The average molecular weight is 206 g/mol. The fraction of sp³-hybridized carbons (Fsp3) is 0. The summed E-state index contributed by atoms with van der Waals surface area (Å²) in [6.45, 7) is 0. The molecular formula is C4H4O2Sb. The van der Waals surface area contributed by atoms with Crippen LogP contribution >= 0.6 is 0 Å². The summed E-state index contributed by atoms with van der Waals surface area (Å²) in [4.78, 5) is 0. The summed E-state index contributed by atoms with van der Waals surface area (Å²) in [5.41, 5.74) is 0. The molecule has 1 aliphatic heterocycles. The van der Waals surface area contributed by atoms with E-state index in [0.29, 0.717) is 0 Å². The minimum absolute atomic E-state index is 0.782. The van der Waals surface area contributed by atoms with Crippen LogP contribution in [0.5, 0.6) is 0 Å². The molecule has 0 fully saturated rings. The molecule has 0 amide bonds. The summed E-state index contributed by atoms with van der Waals surface area (Å²) in [5.74, 6) is 0. The van der Waals surface area contributed by atoms with Crippen LogP contribution < -0.4 is 0 Å². The Morgan fingerprint density at radius 3 is 2.14 bits per heavy atom. The van der Waals surface area contributed by atoms with E-state index in [0.717, 1.165) is 0 Å².